The molecule has 0 radical (unpaired) electrons. The van der Waals surface area contributed by atoms with Gasteiger partial charge in [-0.05, 0) is 25.2 Å². The smallest absolute Gasteiger partial charge is 0.240 e. The Bertz CT molecular complexity index is 388. The summed E-state index contributed by atoms with van der Waals surface area (Å²) in [4.78, 5) is 14.2. The largest absolute Gasteiger partial charge is 0.389 e. The summed E-state index contributed by atoms with van der Waals surface area (Å²) >= 11 is 0. The first-order valence-electron chi connectivity index (χ1n) is 7.39. The van der Waals surface area contributed by atoms with Gasteiger partial charge in [0.1, 0.15) is 5.92 Å². The first-order chi connectivity index (χ1) is 8.98. The van der Waals surface area contributed by atoms with Crippen molar-refractivity contribution in [2.75, 3.05) is 13.1 Å². The molecule has 106 valence electrons. The van der Waals surface area contributed by atoms with Gasteiger partial charge < -0.3 is 10.0 Å². The van der Waals surface area contributed by atoms with Crippen LogP contribution in [-0.2, 0) is 4.79 Å². The van der Waals surface area contributed by atoms with Crippen LogP contribution in [0.4, 0.5) is 0 Å². The van der Waals surface area contributed by atoms with Gasteiger partial charge in [0.25, 0.3) is 0 Å². The highest BCUT2D eigenvalue weighted by molar-refractivity contribution is 5.81. The number of rotatable bonds is 2. The highest BCUT2D eigenvalue weighted by Crippen LogP contribution is 2.40. The van der Waals surface area contributed by atoms with Gasteiger partial charge in [0.15, 0.2) is 0 Å². The van der Waals surface area contributed by atoms with Gasteiger partial charge >= 0.3 is 0 Å². The Morgan fingerprint density at radius 2 is 2.16 bits per heavy atom. The van der Waals surface area contributed by atoms with Gasteiger partial charge in [-0.15, -0.1) is 0 Å². The van der Waals surface area contributed by atoms with Crippen LogP contribution in [0.1, 0.15) is 46.0 Å². The van der Waals surface area contributed by atoms with E-state index >= 15 is 0 Å². The van der Waals surface area contributed by atoms with E-state index in [0.717, 1.165) is 25.7 Å². The maximum atomic E-state index is 12.4. The average molecular weight is 264 g/mol. The van der Waals surface area contributed by atoms with Crippen molar-refractivity contribution < 1.29 is 9.90 Å². The molecule has 1 aliphatic heterocycles. The van der Waals surface area contributed by atoms with Crippen LogP contribution in [0, 0.1) is 29.1 Å². The van der Waals surface area contributed by atoms with Gasteiger partial charge in [-0.2, -0.15) is 5.26 Å². The molecule has 0 aromatic carbocycles. The maximum Gasteiger partial charge on any atom is 0.240 e. The number of piperidine rings is 1. The first kappa shape index (κ1) is 14.3. The number of hydrogen-bond acceptors (Lipinski definition) is 3. The van der Waals surface area contributed by atoms with E-state index in [1.54, 1.807) is 4.90 Å². The van der Waals surface area contributed by atoms with Gasteiger partial charge in [-0.1, -0.05) is 26.7 Å². The SMILES string of the molecule is CC(C)C(C#N)C(=O)N1CCC2(O)CCCCC2C1. The molecule has 3 unspecified atom stereocenters. The third-order valence-electron chi connectivity index (χ3n) is 4.81. The number of aliphatic hydroxyl groups is 1. The Kier molecular flexibility index (Phi) is 4.15. The second-order valence-corrected chi connectivity index (χ2v) is 6.43. The van der Waals surface area contributed by atoms with E-state index in [4.69, 9.17) is 5.26 Å². The minimum absolute atomic E-state index is 0.0460. The molecule has 1 saturated heterocycles. The van der Waals surface area contributed by atoms with Crippen molar-refractivity contribution in [1.82, 2.24) is 4.90 Å². The molecule has 2 rings (SSSR count). The highest BCUT2D eigenvalue weighted by Gasteiger charge is 2.44. The van der Waals surface area contributed by atoms with E-state index < -0.39 is 11.5 Å². The molecule has 0 aromatic heterocycles. The number of amides is 1. The van der Waals surface area contributed by atoms with Gasteiger partial charge in [-0.3, -0.25) is 4.79 Å². The summed E-state index contributed by atoms with van der Waals surface area (Å²) in [5.74, 6) is -0.352. The topological polar surface area (TPSA) is 64.3 Å². The van der Waals surface area contributed by atoms with Crippen LogP contribution in [0.5, 0.6) is 0 Å². The molecule has 4 nitrogen and oxygen atoms in total. The minimum Gasteiger partial charge on any atom is -0.389 e. The number of nitriles is 1. The van der Waals surface area contributed by atoms with E-state index in [1.165, 1.54) is 0 Å². The van der Waals surface area contributed by atoms with Crippen molar-refractivity contribution in [3.05, 3.63) is 0 Å². The third-order valence-corrected chi connectivity index (χ3v) is 4.81. The quantitative estimate of drug-likeness (QED) is 0.829. The van der Waals surface area contributed by atoms with Crippen LogP contribution in [0.2, 0.25) is 0 Å². The molecule has 2 aliphatic rings. The Morgan fingerprint density at radius 1 is 1.42 bits per heavy atom. The van der Waals surface area contributed by atoms with Gasteiger partial charge in [-0.25, -0.2) is 0 Å². The molecule has 0 aromatic rings. The monoisotopic (exact) mass is 264 g/mol. The van der Waals surface area contributed by atoms with Crippen molar-refractivity contribution in [3.8, 4) is 6.07 Å². The zero-order chi connectivity index (χ0) is 14.0. The Balaban J connectivity index is 2.04. The van der Waals surface area contributed by atoms with Crippen molar-refractivity contribution in [2.24, 2.45) is 17.8 Å². The van der Waals surface area contributed by atoms with Crippen molar-refractivity contribution in [1.29, 1.82) is 5.26 Å². The first-order valence-corrected chi connectivity index (χ1v) is 7.39. The zero-order valence-corrected chi connectivity index (χ0v) is 11.9. The molecule has 0 spiro atoms. The number of likely N-dealkylation sites (tertiary alicyclic amines) is 1. The fourth-order valence-corrected chi connectivity index (χ4v) is 3.46. The van der Waals surface area contributed by atoms with Gasteiger partial charge in [0.2, 0.25) is 5.91 Å². The van der Waals surface area contributed by atoms with Crippen LogP contribution >= 0.6 is 0 Å². The molecule has 3 atom stereocenters. The second kappa shape index (κ2) is 5.50. The summed E-state index contributed by atoms with van der Waals surface area (Å²) in [7, 11) is 0. The van der Waals surface area contributed by atoms with Crippen molar-refractivity contribution >= 4 is 5.91 Å². The standard InChI is InChI=1S/C15H24N2O2/c1-11(2)13(9-16)14(18)17-8-7-15(19)6-4-3-5-12(15)10-17/h11-13,19H,3-8,10H2,1-2H3. The Morgan fingerprint density at radius 3 is 2.79 bits per heavy atom. The Hall–Kier alpha value is -1.08. The van der Waals surface area contributed by atoms with Crippen LogP contribution in [0.3, 0.4) is 0 Å². The summed E-state index contributed by atoms with van der Waals surface area (Å²) in [6, 6.07) is 2.13. The Labute approximate surface area is 115 Å². The number of carbonyl (C=O) groups excluding carboxylic acids is 1. The lowest BCUT2D eigenvalue weighted by molar-refractivity contribution is -0.146. The lowest BCUT2D eigenvalue weighted by Gasteiger charge is -2.47. The second-order valence-electron chi connectivity index (χ2n) is 6.43. The fourth-order valence-electron chi connectivity index (χ4n) is 3.46. The number of hydrogen-bond donors (Lipinski definition) is 1. The summed E-state index contributed by atoms with van der Waals surface area (Å²) in [6.45, 7) is 5.04. The summed E-state index contributed by atoms with van der Waals surface area (Å²) in [5, 5.41) is 19.7. The normalized spacial score (nSPS) is 32.6. The van der Waals surface area contributed by atoms with Crippen molar-refractivity contribution in [2.45, 2.75) is 51.6 Å². The minimum atomic E-state index is -0.561. The van der Waals surface area contributed by atoms with Crippen molar-refractivity contribution in [3.63, 3.8) is 0 Å². The van der Waals surface area contributed by atoms with Crippen LogP contribution in [-0.4, -0.2) is 34.6 Å². The van der Waals surface area contributed by atoms with Crippen LogP contribution in [0.15, 0.2) is 0 Å². The molecule has 1 aliphatic carbocycles. The molecule has 1 N–H and O–H groups in total. The molecule has 19 heavy (non-hydrogen) atoms. The predicted molar refractivity (Wildman–Crippen MR) is 72.0 cm³/mol. The average Bonchev–Trinajstić information content (AvgIpc) is 2.37. The molecular weight excluding hydrogens is 240 g/mol. The lowest BCUT2D eigenvalue weighted by Crippen LogP contribution is -2.55. The van der Waals surface area contributed by atoms with E-state index in [-0.39, 0.29) is 17.7 Å². The van der Waals surface area contributed by atoms with E-state index in [9.17, 15) is 9.90 Å². The predicted octanol–water partition coefficient (Wildman–Crippen LogP) is 1.94. The maximum absolute atomic E-state index is 12.4. The molecule has 2 fully saturated rings. The summed E-state index contributed by atoms with van der Waals surface area (Å²) in [6.07, 6.45) is 4.76. The van der Waals surface area contributed by atoms with Gasteiger partial charge in [0, 0.05) is 19.0 Å². The number of nitrogens with zero attached hydrogens (tertiary/aromatic N) is 2. The molecule has 1 amide bonds. The van der Waals surface area contributed by atoms with Crippen LogP contribution in [0.25, 0.3) is 0 Å². The van der Waals surface area contributed by atoms with Gasteiger partial charge in [0.05, 0.1) is 11.7 Å². The van der Waals surface area contributed by atoms with E-state index in [1.807, 2.05) is 13.8 Å². The molecule has 4 heteroatoms. The summed E-state index contributed by atoms with van der Waals surface area (Å²) in [5.41, 5.74) is -0.561. The molecular formula is C15H24N2O2. The van der Waals surface area contributed by atoms with E-state index in [2.05, 4.69) is 6.07 Å². The third kappa shape index (κ3) is 2.76. The lowest BCUT2D eigenvalue weighted by atomic mass is 9.71. The molecule has 1 heterocycles. The zero-order valence-electron chi connectivity index (χ0n) is 11.9. The number of fused-ring (bicyclic) bond motifs is 1. The van der Waals surface area contributed by atoms with Crippen LogP contribution < -0.4 is 0 Å². The fraction of sp³-hybridized carbons (Fsp3) is 0.867. The molecule has 1 saturated carbocycles. The molecule has 0 bridgehead atoms. The summed E-state index contributed by atoms with van der Waals surface area (Å²) < 4.78 is 0. The number of carbonyl (C=O) groups is 1. The highest BCUT2D eigenvalue weighted by atomic mass is 16.3. The van der Waals surface area contributed by atoms with E-state index in [0.29, 0.717) is 19.5 Å².